The van der Waals surface area contributed by atoms with Crippen LogP contribution in [0.4, 0.5) is 18.9 Å². The Labute approximate surface area is 82.9 Å². The predicted octanol–water partition coefficient (Wildman–Crippen LogP) is 3.66. The lowest BCUT2D eigenvalue weighted by Crippen LogP contribution is -2.04. The van der Waals surface area contributed by atoms with Crippen molar-refractivity contribution in [3.05, 3.63) is 34.2 Å². The number of methoxy groups -OCH3 is 1. The third kappa shape index (κ3) is 2.54. The van der Waals surface area contributed by atoms with Gasteiger partial charge >= 0.3 is 6.18 Å². The van der Waals surface area contributed by atoms with Crippen molar-refractivity contribution in [2.24, 2.45) is 5.11 Å². The Bertz CT molecular complexity index is 410. The third-order valence-corrected chi connectivity index (χ3v) is 1.66. The van der Waals surface area contributed by atoms with E-state index in [-0.39, 0.29) is 11.4 Å². The van der Waals surface area contributed by atoms with Crippen LogP contribution in [0.2, 0.25) is 0 Å². The summed E-state index contributed by atoms with van der Waals surface area (Å²) >= 11 is 0. The Morgan fingerprint density at radius 3 is 2.53 bits per heavy atom. The fraction of sp³-hybridized carbons (Fsp3) is 0.250. The van der Waals surface area contributed by atoms with E-state index in [0.29, 0.717) is 0 Å². The van der Waals surface area contributed by atoms with Crippen molar-refractivity contribution in [1.29, 1.82) is 0 Å². The number of hydrogen-bond acceptors (Lipinski definition) is 2. The molecular formula is C8H6F3N3O. The van der Waals surface area contributed by atoms with E-state index in [2.05, 4.69) is 10.0 Å². The Kier molecular flexibility index (Phi) is 3.06. The molecule has 0 radical (unpaired) electrons. The predicted molar refractivity (Wildman–Crippen MR) is 46.8 cm³/mol. The van der Waals surface area contributed by atoms with Crippen molar-refractivity contribution >= 4 is 5.69 Å². The first-order valence-electron chi connectivity index (χ1n) is 3.79. The van der Waals surface area contributed by atoms with E-state index < -0.39 is 11.7 Å². The van der Waals surface area contributed by atoms with Crippen molar-refractivity contribution in [2.75, 3.05) is 7.11 Å². The molecule has 0 unspecified atom stereocenters. The van der Waals surface area contributed by atoms with Gasteiger partial charge in [0, 0.05) is 4.91 Å². The van der Waals surface area contributed by atoms with Gasteiger partial charge in [-0.2, -0.15) is 13.2 Å². The second kappa shape index (κ2) is 4.10. The van der Waals surface area contributed by atoms with Gasteiger partial charge in [-0.3, -0.25) is 0 Å². The van der Waals surface area contributed by atoms with Crippen molar-refractivity contribution in [3.8, 4) is 5.75 Å². The minimum absolute atomic E-state index is 0.0980. The summed E-state index contributed by atoms with van der Waals surface area (Å²) in [7, 11) is 1.28. The topological polar surface area (TPSA) is 58.0 Å². The van der Waals surface area contributed by atoms with Gasteiger partial charge in [-0.15, -0.1) is 0 Å². The van der Waals surface area contributed by atoms with Gasteiger partial charge < -0.3 is 4.74 Å². The molecule has 0 aliphatic rings. The van der Waals surface area contributed by atoms with Crippen molar-refractivity contribution in [3.63, 3.8) is 0 Å². The van der Waals surface area contributed by atoms with Gasteiger partial charge in [-0.25, -0.2) is 0 Å². The average molecular weight is 217 g/mol. The van der Waals surface area contributed by atoms with E-state index in [1.807, 2.05) is 0 Å². The maximum atomic E-state index is 12.3. The molecule has 0 spiro atoms. The second-order valence-electron chi connectivity index (χ2n) is 2.57. The molecule has 1 aromatic carbocycles. The SMILES string of the molecule is COc1ccc(C(F)(F)F)cc1N=[N+]=[N-]. The molecule has 0 atom stereocenters. The molecule has 0 aromatic heterocycles. The molecule has 0 saturated carbocycles. The molecule has 0 heterocycles. The number of benzene rings is 1. The number of halogens is 3. The summed E-state index contributed by atoms with van der Waals surface area (Å²) in [6.07, 6.45) is -4.47. The van der Waals surface area contributed by atoms with E-state index in [1.165, 1.54) is 7.11 Å². The molecule has 1 aromatic rings. The second-order valence-corrected chi connectivity index (χ2v) is 2.57. The highest BCUT2D eigenvalue weighted by Crippen LogP contribution is 2.36. The fourth-order valence-electron chi connectivity index (χ4n) is 0.993. The number of ether oxygens (including phenoxy) is 1. The zero-order valence-electron chi connectivity index (χ0n) is 7.62. The van der Waals surface area contributed by atoms with Crippen LogP contribution in [-0.2, 0) is 6.18 Å². The molecule has 0 aliphatic carbocycles. The first-order valence-corrected chi connectivity index (χ1v) is 3.79. The standard InChI is InChI=1S/C8H6F3N3O/c1-15-7-3-2-5(8(9,10)11)4-6(7)13-14-12/h2-4H,1H3. The van der Waals surface area contributed by atoms with Gasteiger partial charge in [0.05, 0.1) is 18.4 Å². The van der Waals surface area contributed by atoms with Crippen molar-refractivity contribution in [2.45, 2.75) is 6.18 Å². The van der Waals surface area contributed by atoms with Crippen molar-refractivity contribution < 1.29 is 17.9 Å². The lowest BCUT2D eigenvalue weighted by atomic mass is 10.2. The van der Waals surface area contributed by atoms with Gasteiger partial charge in [-0.05, 0) is 23.7 Å². The zero-order valence-corrected chi connectivity index (χ0v) is 7.62. The van der Waals surface area contributed by atoms with Crippen LogP contribution in [-0.4, -0.2) is 7.11 Å². The van der Waals surface area contributed by atoms with Crippen LogP contribution in [0.15, 0.2) is 23.3 Å². The smallest absolute Gasteiger partial charge is 0.416 e. The molecule has 7 heteroatoms. The number of nitrogens with zero attached hydrogens (tertiary/aromatic N) is 3. The highest BCUT2D eigenvalue weighted by atomic mass is 19.4. The van der Waals surface area contributed by atoms with Gasteiger partial charge in [0.1, 0.15) is 5.75 Å². The van der Waals surface area contributed by atoms with Crippen LogP contribution in [0.5, 0.6) is 5.75 Å². The number of azide groups is 1. The molecule has 80 valence electrons. The van der Waals surface area contributed by atoms with E-state index >= 15 is 0 Å². The molecule has 0 fully saturated rings. The lowest BCUT2D eigenvalue weighted by molar-refractivity contribution is -0.137. The monoisotopic (exact) mass is 217 g/mol. The summed E-state index contributed by atoms with van der Waals surface area (Å²) in [5, 5.41) is 3.11. The molecule has 0 saturated heterocycles. The quantitative estimate of drug-likeness (QED) is 0.423. The summed E-state index contributed by atoms with van der Waals surface area (Å²) in [6, 6.07) is 2.70. The number of rotatable bonds is 2. The minimum atomic E-state index is -4.47. The summed E-state index contributed by atoms with van der Waals surface area (Å²) in [4.78, 5) is 2.42. The summed E-state index contributed by atoms with van der Waals surface area (Å²) < 4.78 is 41.5. The van der Waals surface area contributed by atoms with Gasteiger partial charge in [0.25, 0.3) is 0 Å². The first kappa shape index (κ1) is 11.2. The molecular weight excluding hydrogens is 211 g/mol. The lowest BCUT2D eigenvalue weighted by Gasteiger charge is -2.09. The van der Waals surface area contributed by atoms with E-state index in [0.717, 1.165) is 18.2 Å². The molecule has 4 nitrogen and oxygen atoms in total. The van der Waals surface area contributed by atoms with E-state index in [9.17, 15) is 13.2 Å². The normalized spacial score (nSPS) is 10.7. The molecule has 0 N–H and O–H groups in total. The Hall–Kier alpha value is -1.88. The maximum absolute atomic E-state index is 12.3. The van der Waals surface area contributed by atoms with E-state index in [1.54, 1.807) is 0 Å². The molecule has 0 bridgehead atoms. The van der Waals surface area contributed by atoms with Crippen molar-refractivity contribution in [1.82, 2.24) is 0 Å². The van der Waals surface area contributed by atoms with Gasteiger partial charge in [-0.1, -0.05) is 5.11 Å². The highest BCUT2D eigenvalue weighted by Gasteiger charge is 2.30. The van der Waals surface area contributed by atoms with Crippen LogP contribution < -0.4 is 4.74 Å². The van der Waals surface area contributed by atoms with Crippen LogP contribution in [0.25, 0.3) is 10.4 Å². The number of alkyl halides is 3. The fourth-order valence-corrected chi connectivity index (χ4v) is 0.993. The summed E-state index contributed by atoms with van der Waals surface area (Å²) in [5.41, 5.74) is 7.09. The molecule has 1 rings (SSSR count). The van der Waals surface area contributed by atoms with Gasteiger partial charge in [0.2, 0.25) is 0 Å². The molecule has 0 amide bonds. The number of hydrogen-bond donors (Lipinski definition) is 0. The Morgan fingerprint density at radius 1 is 1.40 bits per heavy atom. The Morgan fingerprint density at radius 2 is 2.07 bits per heavy atom. The summed E-state index contributed by atoms with van der Waals surface area (Å²) in [6.45, 7) is 0. The molecule has 15 heavy (non-hydrogen) atoms. The van der Waals surface area contributed by atoms with Gasteiger partial charge in [0.15, 0.2) is 0 Å². The van der Waals surface area contributed by atoms with Crippen LogP contribution in [0.3, 0.4) is 0 Å². The zero-order chi connectivity index (χ0) is 11.5. The Balaban J connectivity index is 3.28. The maximum Gasteiger partial charge on any atom is 0.416 e. The van der Waals surface area contributed by atoms with Crippen LogP contribution in [0.1, 0.15) is 5.56 Å². The minimum Gasteiger partial charge on any atom is -0.496 e. The molecule has 0 aliphatic heterocycles. The first-order chi connectivity index (χ1) is 6.99. The largest absolute Gasteiger partial charge is 0.496 e. The van der Waals surface area contributed by atoms with Crippen LogP contribution >= 0.6 is 0 Å². The van der Waals surface area contributed by atoms with E-state index in [4.69, 9.17) is 10.3 Å². The summed E-state index contributed by atoms with van der Waals surface area (Å²) in [5.74, 6) is 0.0980. The average Bonchev–Trinajstić information content (AvgIpc) is 2.17. The highest BCUT2D eigenvalue weighted by molar-refractivity contribution is 5.54. The van der Waals surface area contributed by atoms with Crippen LogP contribution in [0, 0.1) is 0 Å². The third-order valence-electron chi connectivity index (χ3n) is 1.66.